The Morgan fingerprint density at radius 1 is 1.62 bits per heavy atom. The maximum atomic E-state index is 5.78. The van der Waals surface area contributed by atoms with Crippen molar-refractivity contribution in [2.75, 3.05) is 0 Å². The predicted molar refractivity (Wildman–Crippen MR) is 48.2 cm³/mol. The van der Waals surface area contributed by atoms with Crippen molar-refractivity contribution in [3.63, 3.8) is 0 Å². The number of hydrogen-bond acceptors (Lipinski definition) is 4. The molecule has 1 aromatic heterocycles. The first kappa shape index (κ1) is 8.69. The van der Waals surface area contributed by atoms with Gasteiger partial charge in [0.05, 0.1) is 0 Å². The molecule has 0 aromatic carbocycles. The quantitative estimate of drug-likeness (QED) is 0.758. The monoisotopic (exact) mass is 181 g/mol. The van der Waals surface area contributed by atoms with Gasteiger partial charge in [-0.2, -0.15) is 4.98 Å². The second kappa shape index (κ2) is 3.46. The molecule has 1 heterocycles. The molecule has 0 aliphatic heterocycles. The molecule has 0 bridgehead atoms. The zero-order valence-corrected chi connectivity index (χ0v) is 7.86. The Morgan fingerprint density at radius 2 is 2.38 bits per heavy atom. The van der Waals surface area contributed by atoms with Crippen LogP contribution in [0.3, 0.4) is 0 Å². The van der Waals surface area contributed by atoms with E-state index in [1.54, 1.807) is 0 Å². The summed E-state index contributed by atoms with van der Waals surface area (Å²) in [4.78, 5) is 4.30. The third-order valence-corrected chi connectivity index (χ3v) is 2.39. The summed E-state index contributed by atoms with van der Waals surface area (Å²) in [5.74, 6) is 2.13. The first-order valence-electron chi connectivity index (χ1n) is 4.87. The van der Waals surface area contributed by atoms with Gasteiger partial charge in [0.25, 0.3) is 0 Å². The van der Waals surface area contributed by atoms with Gasteiger partial charge < -0.3 is 10.3 Å². The Kier molecular flexibility index (Phi) is 2.31. The Morgan fingerprint density at radius 3 is 3.00 bits per heavy atom. The second-order valence-electron chi connectivity index (χ2n) is 3.69. The third-order valence-electron chi connectivity index (χ3n) is 2.39. The molecule has 1 fully saturated rings. The van der Waals surface area contributed by atoms with Crippen LogP contribution in [-0.2, 0) is 6.42 Å². The molecule has 0 spiro atoms. The lowest BCUT2D eigenvalue weighted by molar-refractivity contribution is 0.363. The molecule has 1 unspecified atom stereocenters. The van der Waals surface area contributed by atoms with E-state index >= 15 is 0 Å². The zero-order chi connectivity index (χ0) is 9.26. The highest BCUT2D eigenvalue weighted by Crippen LogP contribution is 2.38. The Hall–Kier alpha value is -0.900. The van der Waals surface area contributed by atoms with Gasteiger partial charge in [0, 0.05) is 18.4 Å². The van der Waals surface area contributed by atoms with Crippen molar-refractivity contribution in [2.24, 2.45) is 5.73 Å². The lowest BCUT2D eigenvalue weighted by atomic mass is 10.2. The summed E-state index contributed by atoms with van der Waals surface area (Å²) in [5.41, 5.74) is 5.78. The number of hydrogen-bond donors (Lipinski definition) is 1. The van der Waals surface area contributed by atoms with Gasteiger partial charge in [0.2, 0.25) is 5.89 Å². The van der Waals surface area contributed by atoms with Crippen LogP contribution in [0, 0.1) is 0 Å². The smallest absolute Gasteiger partial charge is 0.228 e. The summed E-state index contributed by atoms with van der Waals surface area (Å²) >= 11 is 0. The predicted octanol–water partition coefficient (Wildman–Crippen LogP) is 1.23. The zero-order valence-electron chi connectivity index (χ0n) is 7.86. The van der Waals surface area contributed by atoms with Crippen LogP contribution in [0.15, 0.2) is 4.52 Å². The van der Waals surface area contributed by atoms with Crippen molar-refractivity contribution in [2.45, 2.75) is 44.6 Å². The highest BCUT2D eigenvalue weighted by molar-refractivity contribution is 5.03. The van der Waals surface area contributed by atoms with Crippen LogP contribution in [0.1, 0.15) is 43.8 Å². The Labute approximate surface area is 77.5 Å². The normalized spacial score (nSPS) is 18.9. The van der Waals surface area contributed by atoms with Crippen LogP contribution in [-0.4, -0.2) is 16.2 Å². The van der Waals surface area contributed by atoms with Crippen molar-refractivity contribution in [3.05, 3.63) is 11.7 Å². The topological polar surface area (TPSA) is 64.9 Å². The molecular formula is C9H15N3O. The van der Waals surface area contributed by atoms with Gasteiger partial charge in [-0.05, 0) is 19.3 Å². The maximum Gasteiger partial charge on any atom is 0.228 e. The van der Waals surface area contributed by atoms with E-state index in [0.717, 1.165) is 12.2 Å². The van der Waals surface area contributed by atoms with E-state index in [2.05, 4.69) is 17.1 Å². The number of rotatable bonds is 4. The van der Waals surface area contributed by atoms with Crippen molar-refractivity contribution in [1.82, 2.24) is 10.1 Å². The minimum atomic E-state index is 0.146. The summed E-state index contributed by atoms with van der Waals surface area (Å²) in [7, 11) is 0. The molecule has 72 valence electrons. The fourth-order valence-electron chi connectivity index (χ4n) is 1.23. The Balaban J connectivity index is 1.96. The van der Waals surface area contributed by atoms with Crippen molar-refractivity contribution in [1.29, 1.82) is 0 Å². The number of aromatic nitrogens is 2. The first-order chi connectivity index (χ1) is 6.29. The molecule has 0 saturated heterocycles. The molecule has 13 heavy (non-hydrogen) atoms. The van der Waals surface area contributed by atoms with E-state index < -0.39 is 0 Å². The average molecular weight is 181 g/mol. The summed E-state index contributed by atoms with van der Waals surface area (Å²) in [6.07, 6.45) is 4.06. The molecule has 2 rings (SSSR count). The average Bonchev–Trinajstić information content (AvgIpc) is 2.88. The number of nitrogens with zero attached hydrogens (tertiary/aromatic N) is 2. The van der Waals surface area contributed by atoms with E-state index in [1.807, 2.05) is 0 Å². The van der Waals surface area contributed by atoms with Crippen molar-refractivity contribution >= 4 is 0 Å². The summed E-state index contributed by atoms with van der Waals surface area (Å²) in [5, 5.41) is 3.92. The molecule has 4 heteroatoms. The Bertz CT molecular complexity index is 280. The fraction of sp³-hybridized carbons (Fsp3) is 0.778. The van der Waals surface area contributed by atoms with E-state index in [1.165, 1.54) is 12.8 Å². The molecule has 1 atom stereocenters. The summed E-state index contributed by atoms with van der Waals surface area (Å²) in [6.45, 7) is 2.06. The molecule has 1 saturated carbocycles. The highest BCUT2D eigenvalue weighted by atomic mass is 16.5. The van der Waals surface area contributed by atoms with E-state index in [9.17, 15) is 0 Å². The van der Waals surface area contributed by atoms with Crippen LogP contribution in [0.5, 0.6) is 0 Å². The largest absolute Gasteiger partial charge is 0.339 e. The van der Waals surface area contributed by atoms with Crippen LogP contribution < -0.4 is 5.73 Å². The minimum absolute atomic E-state index is 0.146. The molecule has 2 N–H and O–H groups in total. The van der Waals surface area contributed by atoms with Gasteiger partial charge in [-0.25, -0.2) is 0 Å². The van der Waals surface area contributed by atoms with Gasteiger partial charge in [-0.3, -0.25) is 0 Å². The maximum absolute atomic E-state index is 5.78. The standard InChI is InChI=1S/C9H15N3O/c1-2-7(10)5-8-11-9(12-13-8)6-3-4-6/h6-7H,2-5,10H2,1H3. The third kappa shape index (κ3) is 2.06. The van der Waals surface area contributed by atoms with E-state index in [-0.39, 0.29) is 6.04 Å². The van der Waals surface area contributed by atoms with Crippen LogP contribution in [0.4, 0.5) is 0 Å². The second-order valence-corrected chi connectivity index (χ2v) is 3.69. The highest BCUT2D eigenvalue weighted by Gasteiger charge is 2.28. The van der Waals surface area contributed by atoms with E-state index in [4.69, 9.17) is 10.3 Å². The lowest BCUT2D eigenvalue weighted by Crippen LogP contribution is -2.21. The van der Waals surface area contributed by atoms with Crippen molar-refractivity contribution in [3.8, 4) is 0 Å². The van der Waals surface area contributed by atoms with Crippen LogP contribution >= 0.6 is 0 Å². The molecule has 0 radical (unpaired) electrons. The van der Waals surface area contributed by atoms with Gasteiger partial charge in [0.1, 0.15) is 0 Å². The molecular weight excluding hydrogens is 166 g/mol. The molecule has 4 nitrogen and oxygen atoms in total. The van der Waals surface area contributed by atoms with Gasteiger partial charge in [-0.15, -0.1) is 0 Å². The van der Waals surface area contributed by atoms with Crippen LogP contribution in [0.2, 0.25) is 0 Å². The molecule has 1 aromatic rings. The lowest BCUT2D eigenvalue weighted by Gasteiger charge is -2.02. The van der Waals surface area contributed by atoms with E-state index in [0.29, 0.717) is 18.2 Å². The summed E-state index contributed by atoms with van der Waals surface area (Å²) < 4.78 is 5.10. The fourth-order valence-corrected chi connectivity index (χ4v) is 1.23. The number of nitrogens with two attached hydrogens (primary N) is 1. The first-order valence-corrected chi connectivity index (χ1v) is 4.87. The molecule has 1 aliphatic carbocycles. The van der Waals surface area contributed by atoms with Crippen LogP contribution in [0.25, 0.3) is 0 Å². The SMILES string of the molecule is CCC(N)Cc1nc(C2CC2)no1. The van der Waals surface area contributed by atoms with Crippen molar-refractivity contribution < 1.29 is 4.52 Å². The molecule has 1 aliphatic rings. The summed E-state index contributed by atoms with van der Waals surface area (Å²) in [6, 6.07) is 0.146. The van der Waals surface area contributed by atoms with Gasteiger partial charge in [-0.1, -0.05) is 12.1 Å². The van der Waals surface area contributed by atoms with Gasteiger partial charge >= 0.3 is 0 Å². The molecule has 0 amide bonds. The minimum Gasteiger partial charge on any atom is -0.339 e. The van der Waals surface area contributed by atoms with Gasteiger partial charge in [0.15, 0.2) is 5.82 Å².